The number of fused-ring (bicyclic) bond motifs is 1. The van der Waals surface area contributed by atoms with Gasteiger partial charge in [-0.15, -0.1) is 11.3 Å². The van der Waals surface area contributed by atoms with Crippen molar-refractivity contribution >= 4 is 21.6 Å². The third-order valence-electron chi connectivity index (χ3n) is 4.05. The number of thiophene rings is 1. The summed E-state index contributed by atoms with van der Waals surface area (Å²) in [6.45, 7) is 2.13. The minimum atomic E-state index is -0.116. The Kier molecular flexibility index (Phi) is 3.70. The summed E-state index contributed by atoms with van der Waals surface area (Å²) in [5.74, 6) is 0.551. The van der Waals surface area contributed by atoms with Crippen molar-refractivity contribution in [2.24, 2.45) is 0 Å². The van der Waals surface area contributed by atoms with Crippen molar-refractivity contribution in [3.63, 3.8) is 0 Å². The van der Waals surface area contributed by atoms with Gasteiger partial charge in [-0.2, -0.15) is 0 Å². The molecule has 4 rings (SSSR count). The van der Waals surface area contributed by atoms with Crippen molar-refractivity contribution in [3.8, 4) is 22.5 Å². The largest absolute Gasteiger partial charge is 0.306 e. The highest BCUT2D eigenvalue weighted by Crippen LogP contribution is 2.31. The molecule has 0 unspecified atom stereocenters. The Morgan fingerprint density at radius 2 is 1.96 bits per heavy atom. The molecule has 1 N–H and O–H groups in total. The van der Waals surface area contributed by atoms with Gasteiger partial charge in [0.15, 0.2) is 0 Å². The van der Waals surface area contributed by atoms with Crippen LogP contribution in [0.15, 0.2) is 59.0 Å². The van der Waals surface area contributed by atoms with Crippen LogP contribution in [-0.4, -0.2) is 15.0 Å². The van der Waals surface area contributed by atoms with Gasteiger partial charge in [0.1, 0.15) is 10.7 Å². The number of aromatic nitrogens is 3. The molecule has 4 aromatic rings. The third-order valence-corrected chi connectivity index (χ3v) is 4.92. The van der Waals surface area contributed by atoms with E-state index in [9.17, 15) is 4.79 Å². The first kappa shape index (κ1) is 14.8. The van der Waals surface area contributed by atoms with Crippen molar-refractivity contribution < 1.29 is 0 Å². The van der Waals surface area contributed by atoms with E-state index < -0.39 is 0 Å². The number of H-pyrrole nitrogens is 1. The smallest absolute Gasteiger partial charge is 0.260 e. The van der Waals surface area contributed by atoms with E-state index in [2.05, 4.69) is 46.1 Å². The average Bonchev–Trinajstić information content (AvgIpc) is 3.07. The molecule has 0 aliphatic heterocycles. The molecule has 0 atom stereocenters. The summed E-state index contributed by atoms with van der Waals surface area (Å²) in [6.07, 6.45) is 4.40. The van der Waals surface area contributed by atoms with Gasteiger partial charge in [0.25, 0.3) is 5.56 Å². The van der Waals surface area contributed by atoms with Gasteiger partial charge < -0.3 is 4.98 Å². The molecule has 0 saturated carbocycles. The molecule has 0 aliphatic carbocycles. The van der Waals surface area contributed by atoms with E-state index in [1.165, 1.54) is 16.9 Å². The molecule has 0 radical (unpaired) electrons. The summed E-state index contributed by atoms with van der Waals surface area (Å²) in [6, 6.07) is 12.0. The second-order valence-corrected chi connectivity index (χ2v) is 6.39. The summed E-state index contributed by atoms with van der Waals surface area (Å²) < 4.78 is 0. The number of nitrogens with one attached hydrogen (secondary N) is 1. The molecule has 3 heterocycles. The van der Waals surface area contributed by atoms with Crippen LogP contribution in [0.5, 0.6) is 0 Å². The zero-order valence-electron chi connectivity index (χ0n) is 13.1. The average molecular weight is 333 g/mol. The zero-order chi connectivity index (χ0) is 16.5. The van der Waals surface area contributed by atoms with Gasteiger partial charge in [-0.3, -0.25) is 9.78 Å². The fraction of sp³-hybridized carbons (Fsp3) is 0.105. The van der Waals surface area contributed by atoms with Crippen molar-refractivity contribution in [2.45, 2.75) is 13.3 Å². The van der Waals surface area contributed by atoms with E-state index in [4.69, 9.17) is 0 Å². The highest BCUT2D eigenvalue weighted by atomic mass is 32.1. The van der Waals surface area contributed by atoms with Crippen LogP contribution in [-0.2, 0) is 6.42 Å². The highest BCUT2D eigenvalue weighted by Gasteiger charge is 2.13. The first-order valence-corrected chi connectivity index (χ1v) is 8.65. The molecule has 118 valence electrons. The van der Waals surface area contributed by atoms with Crippen LogP contribution < -0.4 is 5.56 Å². The van der Waals surface area contributed by atoms with Crippen LogP contribution in [0.4, 0.5) is 0 Å². The number of hydrogen-bond acceptors (Lipinski definition) is 4. The first-order valence-electron chi connectivity index (χ1n) is 7.77. The Hall–Kier alpha value is -2.79. The SMILES string of the molecule is CCc1ccc(-c2csc3nc(-c4cccnc4)[nH]c(=O)c23)cc1. The van der Waals surface area contributed by atoms with Gasteiger partial charge >= 0.3 is 0 Å². The quantitative estimate of drug-likeness (QED) is 0.609. The molecule has 0 bridgehead atoms. The predicted octanol–water partition coefficient (Wildman–Crippen LogP) is 4.28. The number of aryl methyl sites for hydroxylation is 1. The Labute approximate surface area is 142 Å². The van der Waals surface area contributed by atoms with E-state index in [1.807, 2.05) is 17.5 Å². The van der Waals surface area contributed by atoms with Crippen LogP contribution in [0, 0.1) is 0 Å². The fourth-order valence-electron chi connectivity index (χ4n) is 2.72. The molecular weight excluding hydrogens is 318 g/mol. The summed E-state index contributed by atoms with van der Waals surface area (Å²) in [5, 5.41) is 2.65. The molecule has 0 fully saturated rings. The molecule has 0 amide bonds. The van der Waals surface area contributed by atoms with Gasteiger partial charge in [0, 0.05) is 28.9 Å². The number of benzene rings is 1. The topological polar surface area (TPSA) is 58.6 Å². The Morgan fingerprint density at radius 3 is 2.67 bits per heavy atom. The van der Waals surface area contributed by atoms with Crippen molar-refractivity contribution in [3.05, 3.63) is 70.1 Å². The number of hydrogen-bond donors (Lipinski definition) is 1. The summed E-state index contributed by atoms with van der Waals surface area (Å²) >= 11 is 1.49. The molecule has 5 heteroatoms. The normalized spacial score (nSPS) is 11.0. The highest BCUT2D eigenvalue weighted by molar-refractivity contribution is 7.17. The molecule has 1 aromatic carbocycles. The lowest BCUT2D eigenvalue weighted by molar-refractivity contribution is 1.14. The van der Waals surface area contributed by atoms with Gasteiger partial charge in [0.05, 0.1) is 5.39 Å². The summed E-state index contributed by atoms with van der Waals surface area (Å²) in [5.41, 5.74) is 3.95. The molecular formula is C19H15N3OS. The van der Waals surface area contributed by atoms with Crippen molar-refractivity contribution in [1.29, 1.82) is 0 Å². The van der Waals surface area contributed by atoms with E-state index in [0.717, 1.165) is 27.9 Å². The Bertz CT molecular complexity index is 1050. The Morgan fingerprint density at radius 1 is 1.12 bits per heavy atom. The van der Waals surface area contributed by atoms with Crippen LogP contribution in [0.3, 0.4) is 0 Å². The van der Waals surface area contributed by atoms with Crippen molar-refractivity contribution in [1.82, 2.24) is 15.0 Å². The van der Waals surface area contributed by atoms with E-state index in [1.54, 1.807) is 12.4 Å². The first-order chi connectivity index (χ1) is 11.8. The van der Waals surface area contributed by atoms with E-state index in [0.29, 0.717) is 11.2 Å². The maximum absolute atomic E-state index is 12.6. The van der Waals surface area contributed by atoms with Gasteiger partial charge in [0.2, 0.25) is 0 Å². The Balaban J connectivity index is 1.86. The second-order valence-electron chi connectivity index (χ2n) is 5.54. The van der Waals surface area contributed by atoms with Crippen LogP contribution in [0.1, 0.15) is 12.5 Å². The second kappa shape index (κ2) is 6.02. The monoisotopic (exact) mass is 333 g/mol. The maximum atomic E-state index is 12.6. The van der Waals surface area contributed by atoms with Crippen molar-refractivity contribution in [2.75, 3.05) is 0 Å². The molecule has 0 saturated heterocycles. The standard InChI is InChI=1S/C19H15N3OS/c1-2-12-5-7-13(8-6-12)15-11-24-19-16(15)18(23)21-17(22-19)14-4-3-9-20-10-14/h3-11H,2H2,1H3,(H,21,22,23). The number of aromatic amines is 1. The third kappa shape index (κ3) is 2.53. The summed E-state index contributed by atoms with van der Waals surface area (Å²) in [7, 11) is 0. The molecule has 4 nitrogen and oxygen atoms in total. The van der Waals surface area contributed by atoms with Gasteiger partial charge in [-0.25, -0.2) is 4.98 Å². The van der Waals surface area contributed by atoms with Crippen LogP contribution in [0.25, 0.3) is 32.7 Å². The molecule has 0 spiro atoms. The van der Waals surface area contributed by atoms with E-state index in [-0.39, 0.29) is 5.56 Å². The summed E-state index contributed by atoms with van der Waals surface area (Å²) in [4.78, 5) is 25.0. The lowest BCUT2D eigenvalue weighted by Crippen LogP contribution is -2.09. The van der Waals surface area contributed by atoms with E-state index >= 15 is 0 Å². The predicted molar refractivity (Wildman–Crippen MR) is 98.3 cm³/mol. The molecule has 24 heavy (non-hydrogen) atoms. The number of pyridine rings is 1. The van der Waals surface area contributed by atoms with Gasteiger partial charge in [-0.1, -0.05) is 31.2 Å². The number of nitrogens with zero attached hydrogens (tertiary/aromatic N) is 2. The molecule has 0 aliphatic rings. The van der Waals surface area contributed by atoms with Crippen LogP contribution >= 0.6 is 11.3 Å². The number of rotatable bonds is 3. The minimum absolute atomic E-state index is 0.116. The zero-order valence-corrected chi connectivity index (χ0v) is 13.9. The lowest BCUT2D eigenvalue weighted by Gasteiger charge is -2.03. The van der Waals surface area contributed by atoms with Crippen LogP contribution in [0.2, 0.25) is 0 Å². The maximum Gasteiger partial charge on any atom is 0.260 e. The minimum Gasteiger partial charge on any atom is -0.306 e. The molecule has 3 aromatic heterocycles. The fourth-order valence-corrected chi connectivity index (χ4v) is 3.67. The van der Waals surface area contributed by atoms with Gasteiger partial charge in [-0.05, 0) is 29.7 Å². The lowest BCUT2D eigenvalue weighted by atomic mass is 10.0.